The Kier molecular flexibility index (Phi) is 9.55. The highest BCUT2D eigenvalue weighted by Crippen LogP contribution is 2.64. The lowest BCUT2D eigenvalue weighted by Gasteiger charge is -2.60. The van der Waals surface area contributed by atoms with E-state index in [1.807, 2.05) is 7.11 Å². The number of methoxy groups -OCH3 is 1. The van der Waals surface area contributed by atoms with Crippen molar-refractivity contribution < 1.29 is 14.6 Å². The summed E-state index contributed by atoms with van der Waals surface area (Å²) in [6, 6.07) is 27.5. The summed E-state index contributed by atoms with van der Waals surface area (Å²) >= 11 is 0. The van der Waals surface area contributed by atoms with Crippen molar-refractivity contribution in [3.63, 3.8) is 0 Å². The SMILES string of the molecule is COc1ccc2c3c1O[C@H]1[C@H](N(CCCCCCc4ccccc4)CCCCc4ccccc4)CC[C@H]4[C@@H](C2)N(CC2CC2O)CC[C@@]341. The van der Waals surface area contributed by atoms with E-state index in [0.29, 0.717) is 23.9 Å². The van der Waals surface area contributed by atoms with Gasteiger partial charge in [-0.05, 0) is 119 Å². The van der Waals surface area contributed by atoms with Crippen LogP contribution in [0.15, 0.2) is 72.8 Å². The van der Waals surface area contributed by atoms with E-state index in [1.165, 1.54) is 80.0 Å². The van der Waals surface area contributed by atoms with Gasteiger partial charge in [-0.2, -0.15) is 0 Å². The molecule has 5 heteroatoms. The van der Waals surface area contributed by atoms with Crippen molar-refractivity contribution in [3.05, 3.63) is 95.1 Å². The quantitative estimate of drug-likeness (QED) is 0.162. The Morgan fingerprint density at radius 2 is 1.52 bits per heavy atom. The number of piperidine rings is 1. The van der Waals surface area contributed by atoms with Gasteiger partial charge in [-0.1, -0.05) is 79.6 Å². The van der Waals surface area contributed by atoms with Crippen LogP contribution >= 0.6 is 0 Å². The van der Waals surface area contributed by atoms with Crippen LogP contribution in [0.1, 0.15) is 86.5 Å². The average molecular weight is 649 g/mol. The first-order valence-electron chi connectivity index (χ1n) is 19.3. The molecular formula is C43H56N2O3. The molecule has 0 radical (unpaired) electrons. The Morgan fingerprint density at radius 1 is 0.854 bits per heavy atom. The highest BCUT2D eigenvalue weighted by atomic mass is 16.5. The molecule has 0 amide bonds. The fraction of sp³-hybridized carbons (Fsp3) is 0.581. The number of aryl methyl sites for hydroxylation is 2. The minimum Gasteiger partial charge on any atom is -0.493 e. The first-order chi connectivity index (χ1) is 23.7. The lowest BCUT2D eigenvalue weighted by Crippen LogP contribution is -2.69. The molecule has 256 valence electrons. The standard InChI is InChI=1S/C43H56N2O3/c1-47-39-23-20-33-28-37-35-21-22-36(42-43(35,40(33)41(39)48-42)24-27-45(37)30-34-29-38(34)46)44(26-13-11-19-32-17-9-5-10-18-32)25-12-3-2-6-14-31-15-7-4-8-16-31/h4-5,7-10,15-18,20,23,34-38,42,46H,2-3,6,11-14,19,21-22,24-30H2,1H3/t34?,35-,36+,37+,38?,42-,43-/m0/s1. The smallest absolute Gasteiger partial charge is 0.165 e. The fourth-order valence-electron chi connectivity index (χ4n) is 10.5. The van der Waals surface area contributed by atoms with Gasteiger partial charge in [-0.3, -0.25) is 9.80 Å². The minimum absolute atomic E-state index is 0.0711. The van der Waals surface area contributed by atoms with Crippen LogP contribution in [0, 0.1) is 11.8 Å². The van der Waals surface area contributed by atoms with Gasteiger partial charge in [0, 0.05) is 35.5 Å². The second kappa shape index (κ2) is 14.2. The summed E-state index contributed by atoms with van der Waals surface area (Å²) in [5, 5.41) is 10.2. The molecule has 0 aromatic heterocycles. The normalized spacial score (nSPS) is 29.8. The number of ether oxygens (including phenoxy) is 2. The van der Waals surface area contributed by atoms with Crippen LogP contribution < -0.4 is 9.47 Å². The Balaban J connectivity index is 1.01. The van der Waals surface area contributed by atoms with Gasteiger partial charge in [0.05, 0.1) is 13.2 Å². The van der Waals surface area contributed by atoms with E-state index in [-0.39, 0.29) is 17.6 Å². The van der Waals surface area contributed by atoms with Crippen LogP contribution in [-0.4, -0.2) is 72.5 Å². The van der Waals surface area contributed by atoms with Crippen LogP contribution in [0.5, 0.6) is 11.5 Å². The third kappa shape index (κ3) is 6.20. The Labute approximate surface area is 288 Å². The molecule has 7 atom stereocenters. The molecule has 48 heavy (non-hydrogen) atoms. The molecule has 5 aliphatic rings. The fourth-order valence-corrected chi connectivity index (χ4v) is 10.5. The molecule has 3 aromatic carbocycles. The van der Waals surface area contributed by atoms with E-state index >= 15 is 0 Å². The number of likely N-dealkylation sites (tertiary alicyclic amines) is 1. The molecular weight excluding hydrogens is 592 g/mol. The van der Waals surface area contributed by atoms with E-state index in [2.05, 4.69) is 82.6 Å². The molecule has 1 spiro atoms. The van der Waals surface area contributed by atoms with Crippen molar-refractivity contribution in [2.24, 2.45) is 11.8 Å². The zero-order chi connectivity index (χ0) is 32.5. The van der Waals surface area contributed by atoms with E-state index in [0.717, 1.165) is 63.4 Å². The van der Waals surface area contributed by atoms with Gasteiger partial charge in [0.2, 0.25) is 0 Å². The maximum atomic E-state index is 10.2. The van der Waals surface area contributed by atoms with Crippen LogP contribution in [0.3, 0.4) is 0 Å². The number of aliphatic hydroxyl groups is 1. The third-order valence-corrected chi connectivity index (χ3v) is 12.9. The van der Waals surface area contributed by atoms with Crippen molar-refractivity contribution in [2.75, 3.05) is 33.3 Å². The van der Waals surface area contributed by atoms with Crippen molar-refractivity contribution in [3.8, 4) is 11.5 Å². The summed E-state index contributed by atoms with van der Waals surface area (Å²) in [6.45, 7) is 4.49. The first kappa shape index (κ1) is 32.4. The molecule has 2 saturated carbocycles. The van der Waals surface area contributed by atoms with E-state index in [4.69, 9.17) is 9.47 Å². The zero-order valence-corrected chi connectivity index (χ0v) is 29.1. The molecule has 2 bridgehead atoms. The van der Waals surface area contributed by atoms with Crippen molar-refractivity contribution in [1.82, 2.24) is 9.80 Å². The maximum absolute atomic E-state index is 10.2. The lowest BCUT2D eigenvalue weighted by molar-refractivity contribution is -0.0902. The number of unbranched alkanes of at least 4 members (excludes halogenated alkanes) is 4. The van der Waals surface area contributed by atoms with Crippen molar-refractivity contribution >= 4 is 0 Å². The van der Waals surface area contributed by atoms with Gasteiger partial charge < -0.3 is 14.6 Å². The topological polar surface area (TPSA) is 45.2 Å². The molecule has 1 saturated heterocycles. The predicted octanol–water partition coefficient (Wildman–Crippen LogP) is 7.61. The second-order valence-electron chi connectivity index (χ2n) is 15.7. The zero-order valence-electron chi connectivity index (χ0n) is 29.1. The number of aliphatic hydroxyl groups excluding tert-OH is 1. The minimum atomic E-state index is -0.0836. The van der Waals surface area contributed by atoms with Gasteiger partial charge in [0.1, 0.15) is 6.10 Å². The Hall–Kier alpha value is -2.86. The molecule has 2 heterocycles. The molecule has 2 aliphatic heterocycles. The number of nitrogens with zero attached hydrogens (tertiary/aromatic N) is 2. The first-order valence-corrected chi connectivity index (χ1v) is 19.3. The van der Waals surface area contributed by atoms with Crippen LogP contribution in [0.25, 0.3) is 0 Å². The molecule has 3 fully saturated rings. The summed E-state index contributed by atoms with van der Waals surface area (Å²) in [6.07, 6.45) is 15.8. The summed E-state index contributed by atoms with van der Waals surface area (Å²) in [5.74, 6) is 3.07. The molecule has 3 aromatic rings. The highest BCUT2D eigenvalue weighted by molar-refractivity contribution is 5.61. The lowest BCUT2D eigenvalue weighted by atomic mass is 9.51. The molecule has 8 rings (SSSR count). The Bertz CT molecular complexity index is 1510. The van der Waals surface area contributed by atoms with Gasteiger partial charge in [0.25, 0.3) is 0 Å². The second-order valence-corrected chi connectivity index (χ2v) is 15.7. The van der Waals surface area contributed by atoms with Crippen LogP contribution in [0.2, 0.25) is 0 Å². The highest BCUT2D eigenvalue weighted by Gasteiger charge is 2.66. The number of rotatable bonds is 16. The van der Waals surface area contributed by atoms with E-state index in [9.17, 15) is 5.11 Å². The number of hydrogen-bond donors (Lipinski definition) is 1. The summed E-state index contributed by atoms with van der Waals surface area (Å²) < 4.78 is 13.3. The summed E-state index contributed by atoms with van der Waals surface area (Å²) in [5.41, 5.74) is 5.99. The van der Waals surface area contributed by atoms with Crippen molar-refractivity contribution in [2.45, 2.75) is 113 Å². The molecule has 5 nitrogen and oxygen atoms in total. The van der Waals surface area contributed by atoms with Gasteiger partial charge in [-0.15, -0.1) is 0 Å². The number of hydrogen-bond acceptors (Lipinski definition) is 5. The third-order valence-electron chi connectivity index (χ3n) is 12.9. The monoisotopic (exact) mass is 648 g/mol. The maximum Gasteiger partial charge on any atom is 0.165 e. The largest absolute Gasteiger partial charge is 0.493 e. The van der Waals surface area contributed by atoms with Crippen LogP contribution in [-0.2, 0) is 24.7 Å². The molecule has 1 N–H and O–H groups in total. The van der Waals surface area contributed by atoms with Crippen molar-refractivity contribution in [1.29, 1.82) is 0 Å². The van der Waals surface area contributed by atoms with Gasteiger partial charge in [-0.25, -0.2) is 0 Å². The van der Waals surface area contributed by atoms with Gasteiger partial charge >= 0.3 is 0 Å². The van der Waals surface area contributed by atoms with E-state index < -0.39 is 0 Å². The molecule has 3 aliphatic carbocycles. The predicted molar refractivity (Wildman–Crippen MR) is 193 cm³/mol. The van der Waals surface area contributed by atoms with Gasteiger partial charge in [0.15, 0.2) is 11.5 Å². The van der Waals surface area contributed by atoms with Crippen LogP contribution in [0.4, 0.5) is 0 Å². The Morgan fingerprint density at radius 3 is 2.21 bits per heavy atom. The number of benzene rings is 3. The summed E-state index contributed by atoms with van der Waals surface area (Å²) in [4.78, 5) is 5.66. The molecule has 2 unspecified atom stereocenters. The van der Waals surface area contributed by atoms with E-state index in [1.54, 1.807) is 0 Å². The summed E-state index contributed by atoms with van der Waals surface area (Å²) in [7, 11) is 1.81. The average Bonchev–Trinajstić information content (AvgIpc) is 3.70.